The van der Waals surface area contributed by atoms with Gasteiger partial charge in [-0.15, -0.1) is 0 Å². The first kappa shape index (κ1) is 14.5. The highest BCUT2D eigenvalue weighted by Gasteiger charge is 2.40. The van der Waals surface area contributed by atoms with Gasteiger partial charge in [0.25, 0.3) is 0 Å². The van der Waals surface area contributed by atoms with Crippen molar-refractivity contribution in [2.24, 2.45) is 5.92 Å². The van der Waals surface area contributed by atoms with E-state index in [0.717, 1.165) is 30.7 Å². The molecule has 0 radical (unpaired) electrons. The molecular formula is C17H25N3O. The second-order valence-corrected chi connectivity index (χ2v) is 6.24. The fourth-order valence-corrected chi connectivity index (χ4v) is 3.94. The van der Waals surface area contributed by atoms with Crippen molar-refractivity contribution in [2.75, 3.05) is 13.7 Å². The molecule has 2 atom stereocenters. The highest BCUT2D eigenvalue weighted by atomic mass is 16.3. The number of rotatable bonds is 5. The van der Waals surface area contributed by atoms with Crippen molar-refractivity contribution in [1.29, 1.82) is 0 Å². The molecule has 2 aromatic rings. The molecule has 1 aromatic carbocycles. The summed E-state index contributed by atoms with van der Waals surface area (Å²) in [6, 6.07) is 8.32. The molecule has 2 unspecified atom stereocenters. The second-order valence-electron chi connectivity index (χ2n) is 6.24. The van der Waals surface area contributed by atoms with Gasteiger partial charge in [-0.1, -0.05) is 18.6 Å². The normalized spacial score (nSPS) is 25.8. The number of aliphatic hydroxyl groups excluding tert-OH is 1. The molecule has 0 bridgehead atoms. The highest BCUT2D eigenvalue weighted by molar-refractivity contribution is 5.75. The molecule has 114 valence electrons. The summed E-state index contributed by atoms with van der Waals surface area (Å²) in [4.78, 5) is 4.63. The molecule has 1 aliphatic rings. The smallest absolute Gasteiger partial charge is 0.106 e. The Bertz CT molecular complexity index is 616. The monoisotopic (exact) mass is 287 g/mol. The Morgan fingerprint density at radius 1 is 1.43 bits per heavy atom. The van der Waals surface area contributed by atoms with Crippen LogP contribution in [0.15, 0.2) is 24.3 Å². The standard InChI is InChI=1S/C17H25N3O/c1-13-19-15-7-3-4-8-16(15)20(13)11-9-14-6-5-10-17(14,12-21)18-2/h3-4,7-8,14,18,21H,5-6,9-12H2,1-2H3. The lowest BCUT2D eigenvalue weighted by Crippen LogP contribution is -2.49. The fourth-order valence-electron chi connectivity index (χ4n) is 3.94. The van der Waals surface area contributed by atoms with Crippen LogP contribution in [-0.4, -0.2) is 33.9 Å². The predicted molar refractivity (Wildman–Crippen MR) is 85.3 cm³/mol. The van der Waals surface area contributed by atoms with Crippen molar-refractivity contribution >= 4 is 11.0 Å². The van der Waals surface area contributed by atoms with Crippen LogP contribution in [0.3, 0.4) is 0 Å². The van der Waals surface area contributed by atoms with E-state index in [1.807, 2.05) is 13.1 Å². The first-order chi connectivity index (χ1) is 10.2. The van der Waals surface area contributed by atoms with Crippen molar-refractivity contribution in [3.8, 4) is 0 Å². The summed E-state index contributed by atoms with van der Waals surface area (Å²) >= 11 is 0. The van der Waals surface area contributed by atoms with Crippen LogP contribution in [0.1, 0.15) is 31.5 Å². The van der Waals surface area contributed by atoms with E-state index < -0.39 is 0 Å². The number of para-hydroxylation sites is 2. The molecule has 3 rings (SSSR count). The molecule has 0 saturated heterocycles. The predicted octanol–water partition coefficient (Wildman–Crippen LogP) is 2.49. The highest BCUT2D eigenvalue weighted by Crippen LogP contribution is 2.38. The van der Waals surface area contributed by atoms with E-state index in [9.17, 15) is 5.11 Å². The van der Waals surface area contributed by atoms with Crippen molar-refractivity contribution in [1.82, 2.24) is 14.9 Å². The summed E-state index contributed by atoms with van der Waals surface area (Å²) in [5.41, 5.74) is 2.21. The van der Waals surface area contributed by atoms with Gasteiger partial charge in [0.2, 0.25) is 0 Å². The summed E-state index contributed by atoms with van der Waals surface area (Å²) < 4.78 is 2.31. The third kappa shape index (κ3) is 2.47. The van der Waals surface area contributed by atoms with Gasteiger partial charge in [-0.05, 0) is 51.3 Å². The van der Waals surface area contributed by atoms with Crippen LogP contribution in [0.4, 0.5) is 0 Å². The molecule has 0 amide bonds. The van der Waals surface area contributed by atoms with Crippen LogP contribution in [0.25, 0.3) is 11.0 Å². The molecule has 4 nitrogen and oxygen atoms in total. The summed E-state index contributed by atoms with van der Waals surface area (Å²) in [7, 11) is 1.98. The maximum Gasteiger partial charge on any atom is 0.106 e. The van der Waals surface area contributed by atoms with Gasteiger partial charge in [-0.3, -0.25) is 0 Å². The lowest BCUT2D eigenvalue weighted by atomic mass is 9.85. The number of imidazole rings is 1. The lowest BCUT2D eigenvalue weighted by molar-refractivity contribution is 0.124. The largest absolute Gasteiger partial charge is 0.394 e. The first-order valence-electron chi connectivity index (χ1n) is 7.92. The number of nitrogens with zero attached hydrogens (tertiary/aromatic N) is 2. The van der Waals surface area contributed by atoms with Gasteiger partial charge in [0.1, 0.15) is 5.82 Å². The minimum absolute atomic E-state index is 0.0791. The third-order valence-corrected chi connectivity index (χ3v) is 5.28. The van der Waals surface area contributed by atoms with E-state index >= 15 is 0 Å². The van der Waals surface area contributed by atoms with Gasteiger partial charge in [0, 0.05) is 12.1 Å². The number of aromatic nitrogens is 2. The van der Waals surface area contributed by atoms with E-state index in [-0.39, 0.29) is 12.1 Å². The Kier molecular flexibility index (Phi) is 4.00. The van der Waals surface area contributed by atoms with Gasteiger partial charge in [0.05, 0.1) is 17.6 Å². The molecule has 1 saturated carbocycles. The van der Waals surface area contributed by atoms with Crippen molar-refractivity contribution < 1.29 is 5.11 Å². The average Bonchev–Trinajstić information content (AvgIpc) is 3.05. The van der Waals surface area contributed by atoms with Gasteiger partial charge >= 0.3 is 0 Å². The summed E-state index contributed by atoms with van der Waals surface area (Å²) in [6.45, 7) is 3.28. The van der Waals surface area contributed by atoms with Crippen LogP contribution in [-0.2, 0) is 6.54 Å². The van der Waals surface area contributed by atoms with Crippen LogP contribution < -0.4 is 5.32 Å². The zero-order chi connectivity index (χ0) is 14.9. The van der Waals surface area contributed by atoms with Crippen LogP contribution in [0.5, 0.6) is 0 Å². The van der Waals surface area contributed by atoms with Crippen molar-refractivity contribution in [2.45, 2.75) is 44.7 Å². The molecule has 0 aliphatic heterocycles. The second kappa shape index (κ2) is 5.78. The lowest BCUT2D eigenvalue weighted by Gasteiger charge is -2.33. The third-order valence-electron chi connectivity index (χ3n) is 5.28. The van der Waals surface area contributed by atoms with E-state index in [2.05, 4.69) is 40.0 Å². The quantitative estimate of drug-likeness (QED) is 0.888. The van der Waals surface area contributed by atoms with Gasteiger partial charge in [-0.2, -0.15) is 0 Å². The minimum atomic E-state index is -0.0791. The van der Waals surface area contributed by atoms with Crippen molar-refractivity contribution in [3.05, 3.63) is 30.1 Å². The minimum Gasteiger partial charge on any atom is -0.394 e. The molecule has 1 aliphatic carbocycles. The van der Waals surface area contributed by atoms with Crippen molar-refractivity contribution in [3.63, 3.8) is 0 Å². The Balaban J connectivity index is 1.79. The van der Waals surface area contributed by atoms with Crippen LogP contribution in [0, 0.1) is 12.8 Å². The summed E-state index contributed by atoms with van der Waals surface area (Å²) in [6.07, 6.45) is 4.57. The molecule has 1 heterocycles. The number of benzene rings is 1. The Hall–Kier alpha value is -1.39. The van der Waals surface area contributed by atoms with E-state index in [1.165, 1.54) is 18.4 Å². The van der Waals surface area contributed by atoms with E-state index in [4.69, 9.17) is 0 Å². The van der Waals surface area contributed by atoms with Gasteiger partial charge in [-0.25, -0.2) is 4.98 Å². The number of likely N-dealkylation sites (N-methyl/N-ethyl adjacent to an activating group) is 1. The molecule has 4 heteroatoms. The van der Waals surface area contributed by atoms with E-state index in [1.54, 1.807) is 0 Å². The van der Waals surface area contributed by atoms with Crippen LogP contribution >= 0.6 is 0 Å². The fraction of sp³-hybridized carbons (Fsp3) is 0.588. The SMILES string of the molecule is CNC1(CO)CCCC1CCn1c(C)nc2ccccc21. The summed E-state index contributed by atoms with van der Waals surface area (Å²) in [5, 5.41) is 13.2. The number of nitrogens with one attached hydrogen (secondary N) is 1. The first-order valence-corrected chi connectivity index (χ1v) is 7.92. The Labute approximate surface area is 126 Å². The molecule has 2 N–H and O–H groups in total. The zero-order valence-electron chi connectivity index (χ0n) is 13.0. The van der Waals surface area contributed by atoms with E-state index in [0.29, 0.717) is 5.92 Å². The summed E-state index contributed by atoms with van der Waals surface area (Å²) in [5.74, 6) is 1.61. The molecule has 21 heavy (non-hydrogen) atoms. The number of aliphatic hydroxyl groups is 1. The van der Waals surface area contributed by atoms with Gasteiger partial charge in [0.15, 0.2) is 0 Å². The number of hydrogen-bond donors (Lipinski definition) is 2. The zero-order valence-corrected chi connectivity index (χ0v) is 13.0. The van der Waals surface area contributed by atoms with Gasteiger partial charge < -0.3 is 15.0 Å². The number of fused-ring (bicyclic) bond motifs is 1. The Morgan fingerprint density at radius 3 is 3.00 bits per heavy atom. The Morgan fingerprint density at radius 2 is 2.24 bits per heavy atom. The topological polar surface area (TPSA) is 50.1 Å². The number of aryl methyl sites for hydroxylation is 2. The molecule has 1 aromatic heterocycles. The molecule has 0 spiro atoms. The number of hydrogen-bond acceptors (Lipinski definition) is 3. The van der Waals surface area contributed by atoms with Crippen LogP contribution in [0.2, 0.25) is 0 Å². The molecular weight excluding hydrogens is 262 g/mol. The molecule has 1 fully saturated rings. The average molecular weight is 287 g/mol. The maximum absolute atomic E-state index is 9.79. The maximum atomic E-state index is 9.79.